The van der Waals surface area contributed by atoms with Crippen molar-refractivity contribution < 1.29 is 14.2 Å². The minimum atomic E-state index is -0.490. The van der Waals surface area contributed by atoms with Crippen molar-refractivity contribution in [2.75, 3.05) is 32.0 Å². The summed E-state index contributed by atoms with van der Waals surface area (Å²) in [4.78, 5) is 14.6. The van der Waals surface area contributed by atoms with Gasteiger partial charge in [0.05, 0.1) is 18.9 Å². The zero-order valence-corrected chi connectivity index (χ0v) is 14.2. The summed E-state index contributed by atoms with van der Waals surface area (Å²) in [7, 11) is 0. The first kappa shape index (κ1) is 17.7. The van der Waals surface area contributed by atoms with Crippen LogP contribution in [0.4, 0.5) is 5.82 Å². The Morgan fingerprint density at radius 2 is 2.19 bits per heavy atom. The molecule has 0 bridgehead atoms. The molecule has 1 aliphatic rings. The Kier molecular flexibility index (Phi) is 5.66. The summed E-state index contributed by atoms with van der Waals surface area (Å²) in [6.07, 6.45) is 4.94. The molecule has 0 radical (unpaired) electrons. The Bertz CT molecular complexity index is 804. The van der Waals surface area contributed by atoms with E-state index in [9.17, 15) is 4.79 Å². The Morgan fingerprint density at radius 1 is 1.38 bits per heavy atom. The molecule has 2 aromatic heterocycles. The summed E-state index contributed by atoms with van der Waals surface area (Å²) < 4.78 is 11.3. The van der Waals surface area contributed by atoms with Crippen molar-refractivity contribution in [1.29, 1.82) is 0 Å². The van der Waals surface area contributed by atoms with Gasteiger partial charge >= 0.3 is 0 Å². The number of amides is 1. The molecular weight excluding hydrogens is 342 g/mol. The monoisotopic (exact) mass is 361 g/mol. The second-order valence-corrected chi connectivity index (χ2v) is 5.40. The van der Waals surface area contributed by atoms with Crippen molar-refractivity contribution in [2.45, 2.75) is 13.5 Å². The number of rotatable bonds is 6. The summed E-state index contributed by atoms with van der Waals surface area (Å²) in [5.74, 6) is -0.260. The number of nitrogens with zero attached hydrogens (tertiary/aromatic N) is 7. The van der Waals surface area contributed by atoms with Crippen LogP contribution in [0.25, 0.3) is 5.82 Å². The maximum Gasteiger partial charge on any atom is 0.293 e. The molecule has 1 saturated heterocycles. The molecule has 12 heteroatoms. The van der Waals surface area contributed by atoms with Crippen LogP contribution in [0.3, 0.4) is 0 Å². The highest BCUT2D eigenvalue weighted by molar-refractivity contribution is 5.93. The van der Waals surface area contributed by atoms with Gasteiger partial charge in [-0.05, 0) is 23.3 Å². The summed E-state index contributed by atoms with van der Waals surface area (Å²) in [5, 5.41) is 19.1. The van der Waals surface area contributed by atoms with Gasteiger partial charge in [0.1, 0.15) is 0 Å². The topological polar surface area (TPSA) is 150 Å². The molecule has 0 saturated carbocycles. The third kappa shape index (κ3) is 3.92. The zero-order chi connectivity index (χ0) is 18.4. The van der Waals surface area contributed by atoms with E-state index in [0.717, 1.165) is 13.1 Å². The number of nitrogens with two attached hydrogens (primary N) is 1. The number of hydrazone groups is 1. The highest BCUT2D eigenvalue weighted by atomic mass is 16.6. The number of carbonyl (C=O) groups excluding carboxylic acids is 1. The van der Waals surface area contributed by atoms with Crippen LogP contribution in [0.2, 0.25) is 0 Å². The number of carbonyl (C=O) groups is 1. The van der Waals surface area contributed by atoms with E-state index >= 15 is 0 Å². The number of ether oxygens (including phenoxy) is 1. The number of hydrogen-bond acceptors (Lipinski definition) is 10. The van der Waals surface area contributed by atoms with Crippen LogP contribution in [0.1, 0.15) is 23.1 Å². The van der Waals surface area contributed by atoms with Gasteiger partial charge in [0.15, 0.2) is 5.69 Å². The van der Waals surface area contributed by atoms with Crippen LogP contribution in [-0.4, -0.2) is 68.6 Å². The average Bonchev–Trinajstić information content (AvgIpc) is 3.25. The molecule has 3 heterocycles. The first-order valence-electron chi connectivity index (χ1n) is 7.98. The number of nitrogen functional groups attached to an aromatic ring is 1. The van der Waals surface area contributed by atoms with Gasteiger partial charge in [0.2, 0.25) is 11.6 Å². The molecule has 1 fully saturated rings. The SMILES string of the molecule is CC=CC=NNC(=O)c1nnn(-c2nonc2N)c1CN1CCOCC1. The second kappa shape index (κ2) is 8.31. The largest absolute Gasteiger partial charge is 0.379 e. The third-order valence-corrected chi connectivity index (χ3v) is 3.67. The molecule has 12 nitrogen and oxygen atoms in total. The average molecular weight is 361 g/mol. The number of nitrogens with one attached hydrogen (secondary N) is 1. The first-order chi connectivity index (χ1) is 12.7. The maximum absolute atomic E-state index is 12.4. The Morgan fingerprint density at radius 3 is 2.88 bits per heavy atom. The van der Waals surface area contributed by atoms with E-state index in [4.69, 9.17) is 10.5 Å². The predicted molar refractivity (Wildman–Crippen MR) is 90.5 cm³/mol. The van der Waals surface area contributed by atoms with Gasteiger partial charge in [-0.15, -0.1) is 5.10 Å². The molecule has 0 spiro atoms. The van der Waals surface area contributed by atoms with Crippen LogP contribution in [0.5, 0.6) is 0 Å². The first-order valence-corrected chi connectivity index (χ1v) is 7.98. The molecular formula is C14H19N9O3. The number of morpholine rings is 1. The van der Waals surface area contributed by atoms with Crippen molar-refractivity contribution in [3.05, 3.63) is 23.5 Å². The van der Waals surface area contributed by atoms with Gasteiger partial charge < -0.3 is 10.5 Å². The molecule has 0 unspecified atom stereocenters. The smallest absolute Gasteiger partial charge is 0.293 e. The molecule has 1 aliphatic heterocycles. The van der Waals surface area contributed by atoms with Crippen LogP contribution in [-0.2, 0) is 11.3 Å². The fraction of sp³-hybridized carbons (Fsp3) is 0.429. The molecule has 0 aromatic carbocycles. The van der Waals surface area contributed by atoms with E-state index in [2.05, 4.69) is 40.7 Å². The minimum absolute atomic E-state index is 0.0520. The van der Waals surface area contributed by atoms with Crippen molar-refractivity contribution in [3.8, 4) is 5.82 Å². The fourth-order valence-corrected chi connectivity index (χ4v) is 2.38. The number of aromatic nitrogens is 5. The lowest BCUT2D eigenvalue weighted by Crippen LogP contribution is -2.37. The van der Waals surface area contributed by atoms with E-state index in [1.54, 1.807) is 12.2 Å². The Hall–Kier alpha value is -3.12. The molecule has 3 rings (SSSR count). The van der Waals surface area contributed by atoms with Crippen molar-refractivity contribution in [3.63, 3.8) is 0 Å². The lowest BCUT2D eigenvalue weighted by atomic mass is 10.2. The fourth-order valence-electron chi connectivity index (χ4n) is 2.38. The lowest BCUT2D eigenvalue weighted by molar-refractivity contribution is 0.0332. The van der Waals surface area contributed by atoms with Gasteiger partial charge in [0, 0.05) is 25.8 Å². The zero-order valence-electron chi connectivity index (χ0n) is 14.2. The van der Waals surface area contributed by atoms with Crippen LogP contribution < -0.4 is 11.2 Å². The van der Waals surface area contributed by atoms with Gasteiger partial charge in [-0.1, -0.05) is 11.3 Å². The Balaban J connectivity index is 1.89. The maximum atomic E-state index is 12.4. The highest BCUT2D eigenvalue weighted by Crippen LogP contribution is 2.18. The van der Waals surface area contributed by atoms with Crippen molar-refractivity contribution >= 4 is 17.9 Å². The van der Waals surface area contributed by atoms with Crippen molar-refractivity contribution in [1.82, 2.24) is 35.6 Å². The molecule has 1 amide bonds. The Labute approximate surface area is 148 Å². The molecule has 3 N–H and O–H groups in total. The number of anilines is 1. The van der Waals surface area contributed by atoms with E-state index in [-0.39, 0.29) is 17.3 Å². The summed E-state index contributed by atoms with van der Waals surface area (Å²) in [6.45, 7) is 4.92. The van der Waals surface area contributed by atoms with Gasteiger partial charge in [-0.2, -0.15) is 9.78 Å². The van der Waals surface area contributed by atoms with E-state index in [0.29, 0.717) is 25.5 Å². The number of allylic oxidation sites excluding steroid dienone is 2. The molecule has 138 valence electrons. The summed E-state index contributed by atoms with van der Waals surface area (Å²) in [5.41, 5.74) is 8.80. The highest BCUT2D eigenvalue weighted by Gasteiger charge is 2.26. The summed E-state index contributed by atoms with van der Waals surface area (Å²) in [6, 6.07) is 0. The van der Waals surface area contributed by atoms with E-state index in [1.807, 2.05) is 6.92 Å². The normalized spacial score (nSPS) is 15.9. The lowest BCUT2D eigenvalue weighted by Gasteiger charge is -2.26. The third-order valence-electron chi connectivity index (χ3n) is 3.67. The van der Waals surface area contributed by atoms with Crippen LogP contribution >= 0.6 is 0 Å². The van der Waals surface area contributed by atoms with Crippen molar-refractivity contribution in [2.24, 2.45) is 5.10 Å². The van der Waals surface area contributed by atoms with Crippen LogP contribution in [0, 0.1) is 0 Å². The van der Waals surface area contributed by atoms with Gasteiger partial charge in [0.25, 0.3) is 5.91 Å². The molecule has 0 aliphatic carbocycles. The van der Waals surface area contributed by atoms with Gasteiger partial charge in [-0.3, -0.25) is 9.69 Å². The van der Waals surface area contributed by atoms with Crippen LogP contribution in [0.15, 0.2) is 21.9 Å². The number of hydrogen-bond donors (Lipinski definition) is 2. The molecule has 2 aromatic rings. The van der Waals surface area contributed by atoms with E-state index in [1.165, 1.54) is 10.9 Å². The second-order valence-electron chi connectivity index (χ2n) is 5.40. The summed E-state index contributed by atoms with van der Waals surface area (Å²) >= 11 is 0. The quantitative estimate of drug-likeness (QED) is 0.505. The molecule has 26 heavy (non-hydrogen) atoms. The van der Waals surface area contributed by atoms with Gasteiger partial charge in [-0.25, -0.2) is 10.1 Å². The van der Waals surface area contributed by atoms with E-state index < -0.39 is 5.91 Å². The standard InChI is InChI=1S/C14H19N9O3/c1-2-3-4-16-18-14(24)11-10(9-22-5-7-25-8-6-22)23(21-17-11)13-12(15)19-26-20-13/h2-4H,5-9H2,1H3,(H2,15,19)(H,18,24). The predicted octanol–water partition coefficient (Wildman–Crippen LogP) is -0.644. The molecule has 0 atom stereocenters. The minimum Gasteiger partial charge on any atom is -0.379 e.